The SMILES string of the molecule is C1=CC2C3C=CC(C3)C2C1.CCCOCCC. The van der Waals surface area contributed by atoms with E-state index < -0.39 is 0 Å². The normalized spacial score (nSPS) is 35.9. The van der Waals surface area contributed by atoms with Gasteiger partial charge in [-0.1, -0.05) is 38.2 Å². The van der Waals surface area contributed by atoms with Crippen LogP contribution in [0.4, 0.5) is 0 Å². The Labute approximate surface area is 106 Å². The van der Waals surface area contributed by atoms with Crippen LogP contribution in [0.15, 0.2) is 24.3 Å². The minimum atomic E-state index is 0.924. The van der Waals surface area contributed by atoms with Crippen molar-refractivity contribution in [3.05, 3.63) is 24.3 Å². The summed E-state index contributed by atoms with van der Waals surface area (Å²) in [5, 5.41) is 0. The monoisotopic (exact) mass is 234 g/mol. The summed E-state index contributed by atoms with van der Waals surface area (Å²) in [7, 11) is 0. The van der Waals surface area contributed by atoms with Crippen LogP contribution in [-0.2, 0) is 4.74 Å². The third kappa shape index (κ3) is 3.01. The Balaban J connectivity index is 0.000000139. The maximum absolute atomic E-state index is 5.13. The lowest BCUT2D eigenvalue weighted by atomic mass is 9.86. The van der Waals surface area contributed by atoms with Crippen LogP contribution in [0.1, 0.15) is 39.5 Å². The van der Waals surface area contributed by atoms with Gasteiger partial charge in [0.25, 0.3) is 0 Å². The van der Waals surface area contributed by atoms with E-state index in [9.17, 15) is 0 Å². The molecule has 3 rings (SSSR count). The van der Waals surface area contributed by atoms with Crippen molar-refractivity contribution in [3.8, 4) is 0 Å². The molecule has 0 heterocycles. The van der Waals surface area contributed by atoms with Crippen LogP contribution in [0.25, 0.3) is 0 Å². The Morgan fingerprint density at radius 1 is 1.00 bits per heavy atom. The van der Waals surface area contributed by atoms with Gasteiger partial charge in [-0.2, -0.15) is 0 Å². The quantitative estimate of drug-likeness (QED) is 0.523. The summed E-state index contributed by atoms with van der Waals surface area (Å²) in [5.74, 6) is 3.82. The number of allylic oxidation sites excluding steroid dienone is 4. The van der Waals surface area contributed by atoms with Gasteiger partial charge in [0.2, 0.25) is 0 Å². The van der Waals surface area contributed by atoms with Gasteiger partial charge in [-0.05, 0) is 49.4 Å². The van der Waals surface area contributed by atoms with Crippen molar-refractivity contribution in [3.63, 3.8) is 0 Å². The topological polar surface area (TPSA) is 9.23 Å². The van der Waals surface area contributed by atoms with Gasteiger partial charge in [0.1, 0.15) is 0 Å². The molecule has 0 saturated heterocycles. The van der Waals surface area contributed by atoms with E-state index >= 15 is 0 Å². The van der Waals surface area contributed by atoms with E-state index in [2.05, 4.69) is 38.2 Å². The molecule has 0 aromatic rings. The molecule has 17 heavy (non-hydrogen) atoms. The van der Waals surface area contributed by atoms with Gasteiger partial charge in [-0.25, -0.2) is 0 Å². The smallest absolute Gasteiger partial charge is 0.0463 e. The first-order chi connectivity index (χ1) is 8.36. The van der Waals surface area contributed by atoms with Crippen molar-refractivity contribution in [1.29, 1.82) is 0 Å². The molecule has 0 N–H and O–H groups in total. The highest BCUT2D eigenvalue weighted by molar-refractivity contribution is 5.21. The summed E-state index contributed by atoms with van der Waals surface area (Å²) in [6.07, 6.45) is 14.8. The summed E-state index contributed by atoms with van der Waals surface area (Å²) in [4.78, 5) is 0. The number of rotatable bonds is 4. The van der Waals surface area contributed by atoms with Gasteiger partial charge in [-0.3, -0.25) is 0 Å². The highest BCUT2D eigenvalue weighted by Crippen LogP contribution is 2.52. The van der Waals surface area contributed by atoms with Crippen LogP contribution in [-0.4, -0.2) is 13.2 Å². The van der Waals surface area contributed by atoms with Crippen LogP contribution >= 0.6 is 0 Å². The van der Waals surface area contributed by atoms with E-state index in [-0.39, 0.29) is 0 Å². The molecular weight excluding hydrogens is 208 g/mol. The van der Waals surface area contributed by atoms with E-state index in [1.807, 2.05) is 0 Å². The van der Waals surface area contributed by atoms with E-state index in [0.717, 1.165) is 49.7 Å². The van der Waals surface area contributed by atoms with Gasteiger partial charge in [0, 0.05) is 13.2 Å². The van der Waals surface area contributed by atoms with Gasteiger partial charge < -0.3 is 4.74 Å². The Bertz CT molecular complexity index is 275. The maximum atomic E-state index is 5.13. The fourth-order valence-corrected chi connectivity index (χ4v) is 3.36. The van der Waals surface area contributed by atoms with Crippen molar-refractivity contribution in [1.82, 2.24) is 0 Å². The molecule has 96 valence electrons. The zero-order chi connectivity index (χ0) is 12.1. The van der Waals surface area contributed by atoms with E-state index in [4.69, 9.17) is 4.74 Å². The van der Waals surface area contributed by atoms with Crippen molar-refractivity contribution in [2.75, 3.05) is 13.2 Å². The molecule has 0 radical (unpaired) electrons. The lowest BCUT2D eigenvalue weighted by Gasteiger charge is -2.18. The summed E-state index contributed by atoms with van der Waals surface area (Å²) in [5.41, 5.74) is 0. The van der Waals surface area contributed by atoms with Crippen molar-refractivity contribution in [2.24, 2.45) is 23.7 Å². The molecule has 0 spiro atoms. The van der Waals surface area contributed by atoms with Crippen LogP contribution in [0.3, 0.4) is 0 Å². The summed E-state index contributed by atoms with van der Waals surface area (Å²) >= 11 is 0. The Kier molecular flexibility index (Phi) is 4.85. The van der Waals surface area contributed by atoms with Crippen LogP contribution < -0.4 is 0 Å². The van der Waals surface area contributed by atoms with Crippen molar-refractivity contribution < 1.29 is 4.74 Å². The van der Waals surface area contributed by atoms with Crippen molar-refractivity contribution in [2.45, 2.75) is 39.5 Å². The zero-order valence-corrected chi connectivity index (χ0v) is 11.3. The number of fused-ring (bicyclic) bond motifs is 5. The second-order valence-electron chi connectivity index (χ2n) is 5.47. The molecule has 0 aromatic carbocycles. The van der Waals surface area contributed by atoms with Crippen LogP contribution in [0, 0.1) is 23.7 Å². The van der Waals surface area contributed by atoms with Gasteiger partial charge in [-0.15, -0.1) is 0 Å². The lowest BCUT2D eigenvalue weighted by Crippen LogP contribution is -2.12. The number of ether oxygens (including phenoxy) is 1. The fraction of sp³-hybridized carbons (Fsp3) is 0.750. The van der Waals surface area contributed by atoms with Gasteiger partial charge in [0.05, 0.1) is 0 Å². The molecule has 4 unspecified atom stereocenters. The minimum absolute atomic E-state index is 0.924. The maximum Gasteiger partial charge on any atom is 0.0463 e. The van der Waals surface area contributed by atoms with Crippen molar-refractivity contribution >= 4 is 0 Å². The van der Waals surface area contributed by atoms with Crippen LogP contribution in [0.2, 0.25) is 0 Å². The first-order valence-corrected chi connectivity index (χ1v) is 7.29. The predicted octanol–water partition coefficient (Wildman–Crippen LogP) is 4.21. The second kappa shape index (κ2) is 6.39. The van der Waals surface area contributed by atoms with E-state index in [1.54, 1.807) is 0 Å². The van der Waals surface area contributed by atoms with Gasteiger partial charge >= 0.3 is 0 Å². The average Bonchev–Trinajstić information content (AvgIpc) is 3.04. The summed E-state index contributed by atoms with van der Waals surface area (Å²) in [6.45, 7) is 6.09. The molecule has 3 aliphatic rings. The Hall–Kier alpha value is -0.560. The number of hydrogen-bond acceptors (Lipinski definition) is 1. The molecular formula is C16H26O. The molecule has 2 bridgehead atoms. The highest BCUT2D eigenvalue weighted by atomic mass is 16.5. The standard InChI is InChI=1S/C10H12.C6H14O/c1-2-9-7-4-5-8(6-7)10(9)3-1;1-3-5-7-6-4-2/h1-2,4-5,7-10H,3,6H2;3-6H2,1-2H3. The first-order valence-electron chi connectivity index (χ1n) is 7.29. The molecule has 1 heteroatoms. The Morgan fingerprint density at radius 3 is 2.35 bits per heavy atom. The van der Waals surface area contributed by atoms with E-state index in [1.165, 1.54) is 12.8 Å². The minimum Gasteiger partial charge on any atom is -0.381 e. The molecule has 1 saturated carbocycles. The molecule has 4 atom stereocenters. The molecule has 1 nitrogen and oxygen atoms in total. The predicted molar refractivity (Wildman–Crippen MR) is 72.9 cm³/mol. The molecule has 0 aliphatic heterocycles. The largest absolute Gasteiger partial charge is 0.381 e. The Morgan fingerprint density at radius 2 is 1.71 bits per heavy atom. The summed E-state index contributed by atoms with van der Waals surface area (Å²) < 4.78 is 5.13. The first kappa shape index (κ1) is 12.9. The molecule has 3 aliphatic carbocycles. The average molecular weight is 234 g/mol. The lowest BCUT2D eigenvalue weighted by molar-refractivity contribution is 0.135. The zero-order valence-electron chi connectivity index (χ0n) is 11.3. The highest BCUT2D eigenvalue weighted by Gasteiger charge is 2.44. The van der Waals surface area contributed by atoms with Gasteiger partial charge in [0.15, 0.2) is 0 Å². The third-order valence-electron chi connectivity index (χ3n) is 4.15. The molecule has 0 amide bonds. The fourth-order valence-electron chi connectivity index (χ4n) is 3.36. The molecule has 1 fully saturated rings. The summed E-state index contributed by atoms with van der Waals surface area (Å²) in [6, 6.07) is 0. The van der Waals surface area contributed by atoms with E-state index in [0.29, 0.717) is 0 Å². The third-order valence-corrected chi connectivity index (χ3v) is 4.15. The molecule has 0 aromatic heterocycles. The van der Waals surface area contributed by atoms with Crippen LogP contribution in [0.5, 0.6) is 0 Å². The number of hydrogen-bond donors (Lipinski definition) is 0. The second-order valence-corrected chi connectivity index (χ2v) is 5.47.